The lowest BCUT2D eigenvalue weighted by Gasteiger charge is -2.12. The van der Waals surface area contributed by atoms with Gasteiger partial charge in [0, 0.05) is 18.8 Å². The van der Waals surface area contributed by atoms with E-state index < -0.39 is 0 Å². The molecule has 0 saturated heterocycles. The number of carbonyl (C=O) groups excluding carboxylic acids is 1. The Bertz CT molecular complexity index is 1100. The first-order valence-corrected chi connectivity index (χ1v) is 10.3. The summed E-state index contributed by atoms with van der Waals surface area (Å²) < 4.78 is 3.29. The third-order valence-corrected chi connectivity index (χ3v) is 5.79. The predicted molar refractivity (Wildman–Crippen MR) is 113 cm³/mol. The van der Waals surface area contributed by atoms with Crippen molar-refractivity contribution in [3.8, 4) is 0 Å². The fourth-order valence-electron chi connectivity index (χ4n) is 3.11. The Kier molecular flexibility index (Phi) is 5.88. The van der Waals surface area contributed by atoms with Crippen LogP contribution in [0.15, 0.2) is 28.2 Å². The molecule has 0 spiro atoms. The van der Waals surface area contributed by atoms with E-state index in [-0.39, 0.29) is 17.2 Å². The summed E-state index contributed by atoms with van der Waals surface area (Å²) in [4.78, 5) is 30.0. The lowest BCUT2D eigenvalue weighted by atomic mass is 10.1. The normalized spacial score (nSPS) is 11.2. The summed E-state index contributed by atoms with van der Waals surface area (Å²) in [7, 11) is 0. The second-order valence-electron chi connectivity index (χ2n) is 6.63. The van der Waals surface area contributed by atoms with Gasteiger partial charge in [-0.3, -0.25) is 18.8 Å². The van der Waals surface area contributed by atoms with Crippen molar-refractivity contribution in [1.29, 1.82) is 0 Å². The van der Waals surface area contributed by atoms with Crippen LogP contribution in [0.2, 0.25) is 0 Å². The van der Waals surface area contributed by atoms with Crippen LogP contribution < -0.4 is 10.9 Å². The van der Waals surface area contributed by atoms with Gasteiger partial charge in [-0.2, -0.15) is 5.10 Å². The van der Waals surface area contributed by atoms with Crippen LogP contribution in [-0.4, -0.2) is 31.0 Å². The molecule has 1 aromatic carbocycles. The van der Waals surface area contributed by atoms with Gasteiger partial charge >= 0.3 is 0 Å². The zero-order valence-corrected chi connectivity index (χ0v) is 17.7. The predicted octanol–water partition coefficient (Wildman–Crippen LogP) is 3.29. The number of rotatable bonds is 6. The molecule has 0 unspecified atom stereocenters. The summed E-state index contributed by atoms with van der Waals surface area (Å²) >= 11 is 1.27. The Morgan fingerprint density at radius 1 is 1.18 bits per heavy atom. The number of anilines is 1. The molecule has 0 bridgehead atoms. The number of carbonyl (C=O) groups is 1. The Balaban J connectivity index is 1.86. The maximum Gasteiger partial charge on any atom is 0.280 e. The summed E-state index contributed by atoms with van der Waals surface area (Å²) in [5.74, 6) is 0.0448. The van der Waals surface area contributed by atoms with Crippen LogP contribution in [-0.2, 0) is 17.9 Å². The first kappa shape index (κ1) is 20.1. The van der Waals surface area contributed by atoms with Crippen LogP contribution in [0.1, 0.15) is 30.7 Å². The Labute approximate surface area is 168 Å². The van der Waals surface area contributed by atoms with E-state index in [1.54, 1.807) is 9.25 Å². The van der Waals surface area contributed by atoms with E-state index in [2.05, 4.69) is 15.4 Å². The average molecular weight is 400 g/mol. The smallest absolute Gasteiger partial charge is 0.280 e. The van der Waals surface area contributed by atoms with Gasteiger partial charge in [-0.05, 0) is 51.8 Å². The molecule has 2 aromatic heterocycles. The zero-order valence-electron chi connectivity index (χ0n) is 16.9. The van der Waals surface area contributed by atoms with E-state index in [0.717, 1.165) is 22.5 Å². The van der Waals surface area contributed by atoms with Crippen LogP contribution in [0.5, 0.6) is 0 Å². The standard InChI is InChI=1S/C20H25N5O2S/c1-6-24-19(27)18-17(14(5)23-25(18)7-2)22-20(24)28-11-16(26)21-15-10-8-9-12(3)13(15)4/h8-10H,6-7,11H2,1-5H3,(H,21,26). The number of hydrogen-bond donors (Lipinski definition) is 1. The lowest BCUT2D eigenvalue weighted by molar-refractivity contribution is -0.113. The molecule has 1 amide bonds. The van der Waals surface area contributed by atoms with Gasteiger partial charge < -0.3 is 5.32 Å². The molecule has 3 rings (SSSR count). The topological polar surface area (TPSA) is 81.8 Å². The number of nitrogens with one attached hydrogen (secondary N) is 1. The Morgan fingerprint density at radius 2 is 1.93 bits per heavy atom. The van der Waals surface area contributed by atoms with E-state index >= 15 is 0 Å². The highest BCUT2D eigenvalue weighted by atomic mass is 32.2. The number of thioether (sulfide) groups is 1. The average Bonchev–Trinajstić information content (AvgIpc) is 3.00. The second-order valence-corrected chi connectivity index (χ2v) is 7.57. The number of aryl methyl sites for hydroxylation is 3. The van der Waals surface area contributed by atoms with Crippen LogP contribution in [0.25, 0.3) is 11.0 Å². The number of hydrogen-bond acceptors (Lipinski definition) is 5. The van der Waals surface area contributed by atoms with Gasteiger partial charge in [0.25, 0.3) is 5.56 Å². The van der Waals surface area contributed by atoms with E-state index in [4.69, 9.17) is 0 Å². The van der Waals surface area contributed by atoms with Crippen molar-refractivity contribution < 1.29 is 4.79 Å². The molecule has 8 heteroatoms. The maximum absolute atomic E-state index is 12.9. The number of aromatic nitrogens is 4. The summed E-state index contributed by atoms with van der Waals surface area (Å²) in [5.41, 5.74) is 4.71. The quantitative estimate of drug-likeness (QED) is 0.508. The molecule has 3 aromatic rings. The molecular weight excluding hydrogens is 374 g/mol. The molecule has 0 aliphatic carbocycles. The fraction of sp³-hybridized carbons (Fsp3) is 0.400. The monoisotopic (exact) mass is 399 g/mol. The van der Waals surface area contributed by atoms with Crippen molar-refractivity contribution >= 4 is 34.4 Å². The van der Waals surface area contributed by atoms with Gasteiger partial charge in [0.15, 0.2) is 10.7 Å². The molecule has 2 heterocycles. The molecule has 28 heavy (non-hydrogen) atoms. The summed E-state index contributed by atoms with van der Waals surface area (Å²) in [6.45, 7) is 10.8. The summed E-state index contributed by atoms with van der Waals surface area (Å²) in [5, 5.41) is 7.89. The van der Waals surface area contributed by atoms with E-state index in [9.17, 15) is 9.59 Å². The molecule has 7 nitrogen and oxygen atoms in total. The van der Waals surface area contributed by atoms with Gasteiger partial charge in [-0.25, -0.2) is 4.98 Å². The van der Waals surface area contributed by atoms with E-state index in [1.807, 2.05) is 52.8 Å². The van der Waals surface area contributed by atoms with Crippen molar-refractivity contribution in [3.05, 3.63) is 45.4 Å². The molecule has 1 N–H and O–H groups in total. The Hall–Kier alpha value is -2.61. The molecule has 148 valence electrons. The van der Waals surface area contributed by atoms with Crippen LogP contribution in [0, 0.1) is 20.8 Å². The molecule has 0 saturated carbocycles. The van der Waals surface area contributed by atoms with E-state index in [0.29, 0.717) is 29.3 Å². The van der Waals surface area contributed by atoms with Gasteiger partial charge in [0.1, 0.15) is 5.52 Å². The highest BCUT2D eigenvalue weighted by molar-refractivity contribution is 7.99. The SMILES string of the molecule is CCn1c(SCC(=O)Nc2cccc(C)c2C)nc2c(C)nn(CC)c2c1=O. The van der Waals surface area contributed by atoms with Gasteiger partial charge in [0.2, 0.25) is 5.91 Å². The van der Waals surface area contributed by atoms with Crippen LogP contribution in [0.3, 0.4) is 0 Å². The fourth-order valence-corrected chi connectivity index (χ4v) is 3.97. The highest BCUT2D eigenvalue weighted by Gasteiger charge is 2.18. The minimum Gasteiger partial charge on any atom is -0.325 e. The van der Waals surface area contributed by atoms with Gasteiger partial charge in [0.05, 0.1) is 11.4 Å². The highest BCUT2D eigenvalue weighted by Crippen LogP contribution is 2.22. The van der Waals surface area contributed by atoms with Crippen molar-refractivity contribution in [2.24, 2.45) is 0 Å². The van der Waals surface area contributed by atoms with Gasteiger partial charge in [-0.15, -0.1) is 0 Å². The van der Waals surface area contributed by atoms with Gasteiger partial charge in [-0.1, -0.05) is 23.9 Å². The Morgan fingerprint density at radius 3 is 2.61 bits per heavy atom. The summed E-state index contributed by atoms with van der Waals surface area (Å²) in [6, 6.07) is 5.82. The van der Waals surface area contributed by atoms with Crippen LogP contribution in [0.4, 0.5) is 5.69 Å². The number of benzene rings is 1. The number of fused-ring (bicyclic) bond motifs is 1. The molecule has 0 aliphatic rings. The minimum atomic E-state index is -0.128. The van der Waals surface area contributed by atoms with Crippen molar-refractivity contribution in [1.82, 2.24) is 19.3 Å². The number of nitrogens with zero attached hydrogens (tertiary/aromatic N) is 4. The summed E-state index contributed by atoms with van der Waals surface area (Å²) in [6.07, 6.45) is 0. The first-order chi connectivity index (χ1) is 13.4. The molecule has 0 aliphatic heterocycles. The third-order valence-electron chi connectivity index (χ3n) is 4.81. The van der Waals surface area contributed by atoms with Crippen molar-refractivity contribution in [2.75, 3.05) is 11.1 Å². The molecule has 0 fully saturated rings. The third kappa shape index (κ3) is 3.69. The van der Waals surface area contributed by atoms with Crippen molar-refractivity contribution in [2.45, 2.75) is 52.9 Å². The van der Waals surface area contributed by atoms with Crippen molar-refractivity contribution in [3.63, 3.8) is 0 Å². The maximum atomic E-state index is 12.9. The number of amides is 1. The minimum absolute atomic E-state index is 0.118. The molecule has 0 radical (unpaired) electrons. The van der Waals surface area contributed by atoms with E-state index in [1.165, 1.54) is 11.8 Å². The molecular formula is C20H25N5O2S. The zero-order chi connectivity index (χ0) is 20.4. The lowest BCUT2D eigenvalue weighted by Crippen LogP contribution is -2.25. The van der Waals surface area contributed by atoms with Crippen LogP contribution >= 0.6 is 11.8 Å². The second kappa shape index (κ2) is 8.18. The molecule has 0 atom stereocenters. The largest absolute Gasteiger partial charge is 0.325 e. The first-order valence-electron chi connectivity index (χ1n) is 9.34.